The third kappa shape index (κ3) is 4.09. The zero-order valence-electron chi connectivity index (χ0n) is 15.1. The monoisotopic (exact) mass is 463 g/mol. The number of non-ortho nitro benzene ring substituents is 1. The van der Waals surface area contributed by atoms with Gasteiger partial charge in [-0.2, -0.15) is 16.8 Å². The second kappa shape index (κ2) is 8.27. The van der Waals surface area contributed by atoms with Gasteiger partial charge >= 0.3 is 0 Å². The Kier molecular flexibility index (Phi) is 5.73. The number of carbonyl (C=O) groups excluding carboxylic acids is 1. The van der Waals surface area contributed by atoms with E-state index >= 15 is 0 Å². The minimum absolute atomic E-state index is 0.00234. The number of thioether (sulfide) groups is 1. The lowest BCUT2D eigenvalue weighted by molar-refractivity contribution is -0.384. The Morgan fingerprint density at radius 2 is 2.03 bits per heavy atom. The lowest BCUT2D eigenvalue weighted by atomic mass is 10.2. The van der Waals surface area contributed by atoms with Crippen LogP contribution in [0.15, 0.2) is 47.5 Å². The van der Waals surface area contributed by atoms with Gasteiger partial charge in [0.05, 0.1) is 20.0 Å². The molecule has 4 aromatic rings. The SMILES string of the molecule is CSCCn1c(=NC(=O)c2cc3cc([N+](=O)[O-])ccc3s2)sc2cc(Cl)ccc21. The molecule has 0 saturated carbocycles. The van der Waals surface area contributed by atoms with Gasteiger partial charge in [-0.1, -0.05) is 22.9 Å². The number of nitro benzene ring substituents is 1. The quantitative estimate of drug-likeness (QED) is 0.286. The van der Waals surface area contributed by atoms with Gasteiger partial charge in [0.15, 0.2) is 4.80 Å². The number of benzene rings is 2. The summed E-state index contributed by atoms with van der Waals surface area (Å²) in [5.41, 5.74) is 0.995. The van der Waals surface area contributed by atoms with Crippen molar-refractivity contribution >= 4 is 77.9 Å². The number of fused-ring (bicyclic) bond motifs is 2. The molecular weight excluding hydrogens is 450 g/mol. The van der Waals surface area contributed by atoms with Crippen LogP contribution in [-0.2, 0) is 6.54 Å². The van der Waals surface area contributed by atoms with E-state index in [2.05, 4.69) is 4.99 Å². The molecule has 0 fully saturated rings. The van der Waals surface area contributed by atoms with Crippen molar-refractivity contribution in [1.82, 2.24) is 4.57 Å². The van der Waals surface area contributed by atoms with E-state index in [0.29, 0.717) is 20.1 Å². The number of thiophene rings is 1. The number of aryl methyl sites for hydroxylation is 1. The molecule has 0 spiro atoms. The van der Waals surface area contributed by atoms with Crippen molar-refractivity contribution in [2.24, 2.45) is 4.99 Å². The Morgan fingerprint density at radius 3 is 2.79 bits per heavy atom. The molecule has 0 radical (unpaired) electrons. The summed E-state index contributed by atoms with van der Waals surface area (Å²) in [6.07, 6.45) is 2.03. The van der Waals surface area contributed by atoms with E-state index in [-0.39, 0.29) is 11.6 Å². The van der Waals surface area contributed by atoms with Crippen LogP contribution in [0.5, 0.6) is 0 Å². The molecule has 10 heteroatoms. The maximum absolute atomic E-state index is 12.8. The molecule has 0 aliphatic rings. The van der Waals surface area contributed by atoms with Crippen LogP contribution in [0.25, 0.3) is 20.3 Å². The number of hydrogen-bond donors (Lipinski definition) is 0. The number of carbonyl (C=O) groups is 1. The summed E-state index contributed by atoms with van der Waals surface area (Å²) in [5, 5.41) is 12.3. The van der Waals surface area contributed by atoms with E-state index in [0.717, 1.165) is 27.2 Å². The summed E-state index contributed by atoms with van der Waals surface area (Å²) < 4.78 is 3.81. The van der Waals surface area contributed by atoms with Gasteiger partial charge in [0, 0.05) is 39.5 Å². The van der Waals surface area contributed by atoms with Gasteiger partial charge in [0.25, 0.3) is 11.6 Å². The van der Waals surface area contributed by atoms with Gasteiger partial charge in [-0.05, 0) is 36.6 Å². The highest BCUT2D eigenvalue weighted by atomic mass is 35.5. The van der Waals surface area contributed by atoms with Crippen LogP contribution in [0, 0.1) is 10.1 Å². The summed E-state index contributed by atoms with van der Waals surface area (Å²) in [6, 6.07) is 11.9. The van der Waals surface area contributed by atoms with Gasteiger partial charge in [-0.3, -0.25) is 14.9 Å². The first kappa shape index (κ1) is 20.1. The van der Waals surface area contributed by atoms with Crippen LogP contribution < -0.4 is 4.80 Å². The molecule has 2 aromatic carbocycles. The minimum Gasteiger partial charge on any atom is -0.316 e. The highest BCUT2D eigenvalue weighted by Gasteiger charge is 2.14. The first-order valence-electron chi connectivity index (χ1n) is 8.51. The summed E-state index contributed by atoms with van der Waals surface area (Å²) in [7, 11) is 0. The average Bonchev–Trinajstić information content (AvgIpc) is 3.26. The predicted molar refractivity (Wildman–Crippen MR) is 122 cm³/mol. The van der Waals surface area contributed by atoms with Gasteiger partial charge in [0.2, 0.25) is 0 Å². The molecule has 6 nitrogen and oxygen atoms in total. The second-order valence-electron chi connectivity index (χ2n) is 6.15. The fourth-order valence-electron chi connectivity index (χ4n) is 2.92. The summed E-state index contributed by atoms with van der Waals surface area (Å²) in [5.74, 6) is 0.534. The molecule has 0 N–H and O–H groups in total. The van der Waals surface area contributed by atoms with Crippen LogP contribution >= 0.6 is 46.0 Å². The Bertz CT molecular complexity index is 1320. The molecule has 0 bridgehead atoms. The van der Waals surface area contributed by atoms with E-state index in [9.17, 15) is 14.9 Å². The number of nitrogens with zero attached hydrogens (tertiary/aromatic N) is 3. The molecule has 0 aliphatic carbocycles. The Hall–Kier alpha value is -2.20. The lowest BCUT2D eigenvalue weighted by Gasteiger charge is -2.03. The second-order valence-corrected chi connectivity index (χ2v) is 9.66. The van der Waals surface area contributed by atoms with E-state index in [4.69, 9.17) is 11.6 Å². The Balaban J connectivity index is 1.78. The van der Waals surface area contributed by atoms with Crippen LogP contribution in [0.1, 0.15) is 9.67 Å². The Labute approximate surface area is 182 Å². The summed E-state index contributed by atoms with van der Waals surface area (Å²) in [4.78, 5) is 28.8. The molecule has 2 heterocycles. The predicted octanol–water partition coefficient (Wildman–Crippen LogP) is 5.58. The van der Waals surface area contributed by atoms with Crippen molar-refractivity contribution < 1.29 is 9.72 Å². The number of nitro groups is 1. The molecule has 0 aliphatic heterocycles. The minimum atomic E-state index is -0.444. The topological polar surface area (TPSA) is 77.5 Å². The number of aromatic nitrogens is 1. The fraction of sp³-hybridized carbons (Fsp3) is 0.158. The van der Waals surface area contributed by atoms with Gasteiger partial charge < -0.3 is 4.57 Å². The van der Waals surface area contributed by atoms with Crippen molar-refractivity contribution in [3.63, 3.8) is 0 Å². The normalized spacial score (nSPS) is 12.1. The lowest BCUT2D eigenvalue weighted by Crippen LogP contribution is -2.18. The van der Waals surface area contributed by atoms with Crippen LogP contribution in [0.3, 0.4) is 0 Å². The molecule has 148 valence electrons. The van der Waals surface area contributed by atoms with E-state index < -0.39 is 4.92 Å². The molecule has 1 amide bonds. The standard InChI is InChI=1S/C19H14ClN3O3S3/c1-27-7-6-22-14-4-2-12(20)10-16(14)29-19(22)21-18(24)17-9-11-8-13(23(25)26)3-5-15(11)28-17/h2-5,8-10H,6-7H2,1H3. The summed E-state index contributed by atoms with van der Waals surface area (Å²) >= 11 is 10.5. The van der Waals surface area contributed by atoms with E-state index in [1.807, 2.05) is 29.0 Å². The number of amides is 1. The van der Waals surface area contributed by atoms with Crippen molar-refractivity contribution in [2.75, 3.05) is 12.0 Å². The average molecular weight is 464 g/mol. The van der Waals surface area contributed by atoms with Crippen molar-refractivity contribution in [3.8, 4) is 0 Å². The zero-order chi connectivity index (χ0) is 20.5. The van der Waals surface area contributed by atoms with Gasteiger partial charge in [-0.25, -0.2) is 0 Å². The van der Waals surface area contributed by atoms with Gasteiger partial charge in [-0.15, -0.1) is 11.3 Å². The number of halogens is 1. The molecule has 4 rings (SSSR count). The molecule has 0 saturated heterocycles. The smallest absolute Gasteiger partial charge is 0.289 e. The zero-order valence-corrected chi connectivity index (χ0v) is 18.3. The highest BCUT2D eigenvalue weighted by Crippen LogP contribution is 2.29. The van der Waals surface area contributed by atoms with Crippen molar-refractivity contribution in [3.05, 3.63) is 67.3 Å². The van der Waals surface area contributed by atoms with Crippen LogP contribution in [0.2, 0.25) is 5.02 Å². The highest BCUT2D eigenvalue weighted by molar-refractivity contribution is 7.98. The third-order valence-electron chi connectivity index (χ3n) is 4.28. The third-order valence-corrected chi connectivity index (χ3v) is 7.25. The first-order chi connectivity index (χ1) is 14.0. The Morgan fingerprint density at radius 1 is 1.21 bits per heavy atom. The van der Waals surface area contributed by atoms with Crippen LogP contribution in [0.4, 0.5) is 5.69 Å². The fourth-order valence-corrected chi connectivity index (χ4v) is 5.55. The van der Waals surface area contributed by atoms with E-state index in [1.54, 1.807) is 23.9 Å². The van der Waals surface area contributed by atoms with Crippen molar-refractivity contribution in [2.45, 2.75) is 6.54 Å². The maximum atomic E-state index is 12.8. The molecular formula is C19H14ClN3O3S3. The number of rotatable bonds is 5. The molecule has 0 atom stereocenters. The molecule has 2 aromatic heterocycles. The maximum Gasteiger partial charge on any atom is 0.289 e. The summed E-state index contributed by atoms with van der Waals surface area (Å²) in [6.45, 7) is 0.730. The molecule has 29 heavy (non-hydrogen) atoms. The van der Waals surface area contributed by atoms with Crippen LogP contribution in [-0.4, -0.2) is 27.4 Å². The van der Waals surface area contributed by atoms with E-state index in [1.165, 1.54) is 34.8 Å². The number of hydrogen-bond acceptors (Lipinski definition) is 6. The number of thiazole rings is 1. The van der Waals surface area contributed by atoms with Crippen molar-refractivity contribution in [1.29, 1.82) is 0 Å². The first-order valence-corrected chi connectivity index (χ1v) is 11.9. The van der Waals surface area contributed by atoms with Gasteiger partial charge in [0.1, 0.15) is 0 Å². The molecule has 0 unspecified atom stereocenters. The largest absolute Gasteiger partial charge is 0.316 e.